The molecule has 0 spiro atoms. The second-order valence-electron chi connectivity index (χ2n) is 10.0. The van der Waals surface area contributed by atoms with Gasteiger partial charge < -0.3 is 9.59 Å². The summed E-state index contributed by atoms with van der Waals surface area (Å²) in [5, 5.41) is 15.6. The molecule has 3 fully saturated rings. The number of quaternary nitrogens is 1. The monoisotopic (exact) mass is 435 g/mol. The number of aromatic nitrogens is 1. The molecule has 166 valence electrons. The van der Waals surface area contributed by atoms with E-state index < -0.39 is 6.10 Å². The first kappa shape index (κ1) is 20.6. The fourth-order valence-electron chi connectivity index (χ4n) is 6.73. The summed E-state index contributed by atoms with van der Waals surface area (Å²) in [5.41, 5.74) is 3.35. The smallest absolute Gasteiger partial charge is 0.131 e. The van der Waals surface area contributed by atoms with Gasteiger partial charge in [-0.3, -0.25) is 4.98 Å². The molecule has 2 bridgehead atoms. The maximum absolute atomic E-state index is 11.9. The maximum Gasteiger partial charge on any atom is 0.131 e. The number of piperidine rings is 3. The van der Waals surface area contributed by atoms with Gasteiger partial charge in [0, 0.05) is 35.9 Å². The number of hydrogen-bond acceptors (Lipinski definition) is 2. The van der Waals surface area contributed by atoms with Gasteiger partial charge in [0.05, 0.1) is 18.6 Å². The van der Waals surface area contributed by atoms with E-state index in [-0.39, 0.29) is 6.04 Å². The molecule has 3 aromatic carbocycles. The molecule has 1 N–H and O–H groups in total. The van der Waals surface area contributed by atoms with Crippen molar-refractivity contribution in [3.05, 3.63) is 103 Å². The molecule has 3 heteroatoms. The first-order valence-corrected chi connectivity index (χ1v) is 12.2. The summed E-state index contributed by atoms with van der Waals surface area (Å²) in [6.45, 7) is 7.30. The third kappa shape index (κ3) is 3.38. The summed E-state index contributed by atoms with van der Waals surface area (Å²) in [6, 6.07) is 25.7. The van der Waals surface area contributed by atoms with Crippen molar-refractivity contribution in [3.63, 3.8) is 0 Å². The molecule has 0 saturated carbocycles. The number of aliphatic hydroxyl groups is 1. The average molecular weight is 436 g/mol. The number of hydrogen-bond donors (Lipinski definition) is 1. The van der Waals surface area contributed by atoms with Crippen LogP contribution in [0.3, 0.4) is 0 Å². The van der Waals surface area contributed by atoms with Crippen LogP contribution in [0, 0.1) is 11.8 Å². The van der Waals surface area contributed by atoms with E-state index in [0.717, 1.165) is 47.0 Å². The fraction of sp³-hybridized carbons (Fsp3) is 0.300. The third-order valence-electron chi connectivity index (χ3n) is 8.41. The molecule has 1 aromatic heterocycles. The molecule has 0 aliphatic carbocycles. The Hall–Kier alpha value is -3.01. The molecule has 3 nitrogen and oxygen atoms in total. The fourth-order valence-corrected chi connectivity index (χ4v) is 6.73. The lowest BCUT2D eigenvalue weighted by Crippen LogP contribution is -2.67. The van der Waals surface area contributed by atoms with E-state index in [4.69, 9.17) is 0 Å². The molecule has 4 unspecified atom stereocenters. The molecule has 33 heavy (non-hydrogen) atoms. The molecule has 4 heterocycles. The quantitative estimate of drug-likeness (QED) is 0.307. The van der Waals surface area contributed by atoms with Crippen LogP contribution in [0.25, 0.3) is 21.7 Å². The summed E-state index contributed by atoms with van der Waals surface area (Å²) >= 11 is 0. The van der Waals surface area contributed by atoms with Gasteiger partial charge in [-0.2, -0.15) is 0 Å². The lowest BCUT2D eigenvalue weighted by molar-refractivity contribution is -0.984. The summed E-state index contributed by atoms with van der Waals surface area (Å²) in [7, 11) is 0. The largest absolute Gasteiger partial charge is 0.382 e. The number of fused-ring (bicyclic) bond motifs is 5. The van der Waals surface area contributed by atoms with E-state index in [1.165, 1.54) is 22.8 Å². The Morgan fingerprint density at radius 1 is 1.00 bits per heavy atom. The van der Waals surface area contributed by atoms with Crippen LogP contribution in [0.1, 0.15) is 30.1 Å². The Morgan fingerprint density at radius 3 is 2.67 bits per heavy atom. The van der Waals surface area contributed by atoms with E-state index >= 15 is 0 Å². The first-order chi connectivity index (χ1) is 16.2. The van der Waals surface area contributed by atoms with Crippen LogP contribution in [0.4, 0.5) is 0 Å². The Balaban J connectivity index is 1.44. The second-order valence-corrected chi connectivity index (χ2v) is 10.0. The summed E-state index contributed by atoms with van der Waals surface area (Å²) in [4.78, 5) is 4.53. The van der Waals surface area contributed by atoms with E-state index in [9.17, 15) is 5.11 Å². The highest BCUT2D eigenvalue weighted by Crippen LogP contribution is 2.48. The van der Waals surface area contributed by atoms with Gasteiger partial charge in [0.25, 0.3) is 0 Å². The number of benzene rings is 3. The van der Waals surface area contributed by atoms with Gasteiger partial charge in [-0.05, 0) is 34.4 Å². The summed E-state index contributed by atoms with van der Waals surface area (Å²) in [6.07, 6.45) is 5.76. The minimum atomic E-state index is -0.513. The lowest BCUT2D eigenvalue weighted by Gasteiger charge is -2.58. The summed E-state index contributed by atoms with van der Waals surface area (Å²) < 4.78 is 0.930. The van der Waals surface area contributed by atoms with Gasteiger partial charge >= 0.3 is 0 Å². The highest BCUT2D eigenvalue weighted by atomic mass is 16.3. The van der Waals surface area contributed by atoms with Crippen molar-refractivity contribution in [1.29, 1.82) is 0 Å². The average Bonchev–Trinajstić information content (AvgIpc) is 2.88. The molecular weight excluding hydrogens is 404 g/mol. The predicted octanol–water partition coefficient (Wildman–Crippen LogP) is 6.03. The standard InChI is InChI=1S/C30H31N2O/c1-2-21-19-32(20-24-10-7-9-22-8-3-4-11-25(22)24)17-15-23(21)18-29(32)30(33)27-14-16-31-28-13-6-5-12-26(27)28/h2-14,16,21,23,29-30,33H,1,15,17-20H2/q+1/t21?,23?,29?,30-,32?/m0/s1. The van der Waals surface area contributed by atoms with Gasteiger partial charge in [0.1, 0.15) is 18.7 Å². The molecule has 4 aromatic rings. The van der Waals surface area contributed by atoms with Crippen molar-refractivity contribution < 1.29 is 9.59 Å². The Labute approximate surface area is 195 Å². The van der Waals surface area contributed by atoms with Crippen molar-refractivity contribution in [2.24, 2.45) is 11.8 Å². The molecular formula is C30H31N2O+. The second kappa shape index (κ2) is 8.09. The first-order valence-electron chi connectivity index (χ1n) is 12.2. The highest BCUT2D eigenvalue weighted by molar-refractivity contribution is 5.85. The Bertz CT molecular complexity index is 1320. The van der Waals surface area contributed by atoms with Gasteiger partial charge in [0.15, 0.2) is 0 Å². The normalized spacial score (nSPS) is 27.6. The number of para-hydroxylation sites is 1. The zero-order valence-electron chi connectivity index (χ0n) is 19.0. The molecule has 3 aliphatic rings. The van der Waals surface area contributed by atoms with E-state index in [1.54, 1.807) is 0 Å². The predicted molar refractivity (Wildman–Crippen MR) is 135 cm³/mol. The topological polar surface area (TPSA) is 33.1 Å². The van der Waals surface area contributed by atoms with Gasteiger partial charge in [-0.15, -0.1) is 6.58 Å². The summed E-state index contributed by atoms with van der Waals surface area (Å²) in [5.74, 6) is 1.13. The van der Waals surface area contributed by atoms with Crippen LogP contribution in [0.5, 0.6) is 0 Å². The zero-order chi connectivity index (χ0) is 22.4. The molecule has 5 atom stereocenters. The minimum Gasteiger partial charge on any atom is -0.382 e. The van der Waals surface area contributed by atoms with E-state index in [1.807, 2.05) is 30.5 Å². The van der Waals surface area contributed by atoms with Gasteiger partial charge in [0.2, 0.25) is 0 Å². The molecule has 3 saturated heterocycles. The van der Waals surface area contributed by atoms with Crippen molar-refractivity contribution in [3.8, 4) is 0 Å². The third-order valence-corrected chi connectivity index (χ3v) is 8.41. The minimum absolute atomic E-state index is 0.171. The molecule has 0 amide bonds. The SMILES string of the molecule is C=CC1C[N+]2(Cc3cccc4ccccc34)CCC1CC2[C@@H](O)c1ccnc2ccccc12. The van der Waals surface area contributed by atoms with Crippen molar-refractivity contribution in [2.45, 2.75) is 31.5 Å². The maximum atomic E-state index is 11.9. The van der Waals surface area contributed by atoms with Crippen LogP contribution in [-0.2, 0) is 6.54 Å². The molecule has 0 radical (unpaired) electrons. The number of pyridine rings is 1. The van der Waals surface area contributed by atoms with Crippen LogP contribution >= 0.6 is 0 Å². The van der Waals surface area contributed by atoms with Crippen molar-refractivity contribution >= 4 is 21.7 Å². The highest BCUT2D eigenvalue weighted by Gasteiger charge is 2.54. The van der Waals surface area contributed by atoms with Crippen LogP contribution in [0.2, 0.25) is 0 Å². The number of rotatable bonds is 5. The van der Waals surface area contributed by atoms with Crippen LogP contribution in [0.15, 0.2) is 91.6 Å². The van der Waals surface area contributed by atoms with Crippen molar-refractivity contribution in [2.75, 3.05) is 13.1 Å². The van der Waals surface area contributed by atoms with E-state index in [2.05, 4.69) is 66.2 Å². The zero-order valence-corrected chi connectivity index (χ0v) is 19.0. The van der Waals surface area contributed by atoms with Crippen LogP contribution < -0.4 is 0 Å². The van der Waals surface area contributed by atoms with E-state index in [0.29, 0.717) is 11.8 Å². The Kier molecular flexibility index (Phi) is 5.05. The molecule has 7 rings (SSSR count). The Morgan fingerprint density at radius 2 is 1.79 bits per heavy atom. The number of nitrogens with zero attached hydrogens (tertiary/aromatic N) is 2. The lowest BCUT2D eigenvalue weighted by atomic mass is 9.71. The molecule has 3 aliphatic heterocycles. The van der Waals surface area contributed by atoms with Gasteiger partial charge in [-0.1, -0.05) is 66.7 Å². The van der Waals surface area contributed by atoms with Crippen molar-refractivity contribution in [1.82, 2.24) is 4.98 Å². The van der Waals surface area contributed by atoms with Crippen LogP contribution in [-0.4, -0.2) is 33.7 Å². The number of aliphatic hydroxyl groups excluding tert-OH is 1. The van der Waals surface area contributed by atoms with Gasteiger partial charge in [-0.25, -0.2) is 0 Å².